The molecule has 1 saturated carbocycles. The number of carbonyl (C=O) groups excluding carboxylic acids is 3. The summed E-state index contributed by atoms with van der Waals surface area (Å²) in [7, 11) is 3.42. The number of hydrogen-bond acceptors (Lipinski definition) is 12. The molecule has 1 aliphatic carbocycles. The number of aromatic nitrogens is 3. The number of ether oxygens (including phenoxy) is 4. The second-order valence-corrected chi connectivity index (χ2v) is 19.0. The number of rotatable bonds is 11. The molecule has 4 aliphatic rings. The molecule has 3 aliphatic heterocycles. The third-order valence-corrected chi connectivity index (χ3v) is 14.2. The van der Waals surface area contributed by atoms with Crippen molar-refractivity contribution in [2.75, 3.05) is 53.6 Å². The minimum absolute atomic E-state index is 0.161. The highest BCUT2D eigenvalue weighted by atomic mass is 32.1. The molecule has 15 heteroatoms. The Hall–Kier alpha value is -4.25. The van der Waals surface area contributed by atoms with E-state index in [9.17, 15) is 14.4 Å². The molecule has 0 spiro atoms. The predicted octanol–water partition coefficient (Wildman–Crippen LogP) is 5.95. The average Bonchev–Trinajstić information content (AvgIpc) is 3.53. The van der Waals surface area contributed by atoms with Crippen LogP contribution in [0.1, 0.15) is 82.9 Å². The number of aryl methyl sites for hydroxylation is 1. The van der Waals surface area contributed by atoms with Crippen LogP contribution < -0.4 is 10.7 Å². The molecule has 61 heavy (non-hydrogen) atoms. The number of amides is 2. The average molecular weight is 856 g/mol. The van der Waals surface area contributed by atoms with Gasteiger partial charge in [-0.3, -0.25) is 29.3 Å². The lowest BCUT2D eigenvalue weighted by Crippen LogP contribution is -2.61. The first kappa shape index (κ1) is 43.4. The summed E-state index contributed by atoms with van der Waals surface area (Å²) in [6, 6.07) is 8.68. The van der Waals surface area contributed by atoms with Crippen LogP contribution in [0.5, 0.6) is 0 Å². The molecule has 2 saturated heterocycles. The fourth-order valence-corrected chi connectivity index (χ4v) is 10.2. The van der Waals surface area contributed by atoms with E-state index in [4.69, 9.17) is 28.9 Å². The fraction of sp³-hybridized carbons (Fsp3) is 0.587. The number of cyclic esters (lactones) is 1. The number of nitrogens with one attached hydrogen (secondary N) is 2. The van der Waals surface area contributed by atoms with E-state index in [1.54, 1.807) is 20.4 Å². The number of hydrazine groups is 1. The Balaban J connectivity index is 1.26. The molecule has 1 unspecified atom stereocenters. The van der Waals surface area contributed by atoms with Gasteiger partial charge in [-0.15, -0.1) is 11.3 Å². The van der Waals surface area contributed by atoms with Gasteiger partial charge < -0.3 is 28.8 Å². The van der Waals surface area contributed by atoms with Gasteiger partial charge in [-0.25, -0.2) is 10.4 Å². The van der Waals surface area contributed by atoms with Crippen LogP contribution >= 0.6 is 11.3 Å². The quantitative estimate of drug-likeness (QED) is 0.173. The lowest BCUT2D eigenvalue weighted by Gasteiger charge is -2.39. The molecule has 1 aromatic carbocycles. The minimum atomic E-state index is -1.10. The van der Waals surface area contributed by atoms with Crippen molar-refractivity contribution in [3.05, 3.63) is 58.2 Å². The van der Waals surface area contributed by atoms with Gasteiger partial charge in [0.15, 0.2) is 0 Å². The van der Waals surface area contributed by atoms with Gasteiger partial charge in [-0.1, -0.05) is 33.8 Å². The maximum absolute atomic E-state index is 14.8. The topological polar surface area (TPSA) is 149 Å². The van der Waals surface area contributed by atoms with Gasteiger partial charge in [0.25, 0.3) is 5.91 Å². The summed E-state index contributed by atoms with van der Waals surface area (Å²) in [4.78, 5) is 55.0. The second-order valence-electron chi connectivity index (χ2n) is 18.1. The van der Waals surface area contributed by atoms with E-state index < -0.39 is 29.6 Å². The van der Waals surface area contributed by atoms with Crippen molar-refractivity contribution in [3.8, 4) is 22.5 Å². The first-order valence-electron chi connectivity index (χ1n) is 21.8. The van der Waals surface area contributed by atoms with Crippen molar-refractivity contribution in [1.29, 1.82) is 0 Å². The monoisotopic (exact) mass is 855 g/mol. The Morgan fingerprint density at radius 3 is 2.66 bits per heavy atom. The Bertz CT molecular complexity index is 2240. The van der Waals surface area contributed by atoms with E-state index >= 15 is 0 Å². The highest BCUT2D eigenvalue weighted by Crippen LogP contribution is 2.46. The van der Waals surface area contributed by atoms with Gasteiger partial charge in [0.05, 0.1) is 42.5 Å². The predicted molar refractivity (Wildman–Crippen MR) is 233 cm³/mol. The zero-order chi connectivity index (χ0) is 43.2. The van der Waals surface area contributed by atoms with Crippen LogP contribution in [0.3, 0.4) is 0 Å². The lowest BCUT2D eigenvalue weighted by molar-refractivity contribution is -0.157. The number of likely N-dealkylation sites (tertiary alicyclic amines) is 1. The number of fused-ring (bicyclic) bond motifs is 6. The Morgan fingerprint density at radius 1 is 1.15 bits per heavy atom. The van der Waals surface area contributed by atoms with Crippen molar-refractivity contribution in [2.24, 2.45) is 23.2 Å². The number of benzene rings is 1. The van der Waals surface area contributed by atoms with E-state index in [0.717, 1.165) is 57.8 Å². The number of pyridine rings is 1. The number of methoxy groups -OCH3 is 2. The second kappa shape index (κ2) is 17.9. The zero-order valence-corrected chi connectivity index (χ0v) is 37.5. The maximum atomic E-state index is 14.8. The number of nitrogens with zero attached hydrogens (tertiary/aromatic N) is 5. The molecule has 4 aromatic rings. The molecule has 6 bridgehead atoms. The molecule has 7 atom stereocenters. The minimum Gasteiger partial charge on any atom is -0.464 e. The van der Waals surface area contributed by atoms with Crippen molar-refractivity contribution in [3.63, 3.8) is 0 Å². The first-order chi connectivity index (χ1) is 29.3. The van der Waals surface area contributed by atoms with E-state index in [0.29, 0.717) is 50.5 Å². The summed E-state index contributed by atoms with van der Waals surface area (Å²) in [5.41, 5.74) is 9.47. The molecule has 3 fully saturated rings. The van der Waals surface area contributed by atoms with E-state index in [2.05, 4.69) is 79.1 Å². The molecule has 3 aromatic heterocycles. The third-order valence-electron chi connectivity index (χ3n) is 13.3. The summed E-state index contributed by atoms with van der Waals surface area (Å²) in [6.45, 7) is 16.3. The van der Waals surface area contributed by atoms with Crippen LogP contribution in [0, 0.1) is 23.2 Å². The Morgan fingerprint density at radius 2 is 1.93 bits per heavy atom. The maximum Gasteiger partial charge on any atom is 0.324 e. The van der Waals surface area contributed by atoms with Crippen LogP contribution in [0.15, 0.2) is 41.9 Å². The highest BCUT2D eigenvalue weighted by Gasteiger charge is 2.50. The third kappa shape index (κ3) is 8.74. The normalized spacial score (nSPS) is 26.4. The van der Waals surface area contributed by atoms with Crippen molar-refractivity contribution in [1.82, 2.24) is 35.2 Å². The van der Waals surface area contributed by atoms with E-state index in [-0.39, 0.29) is 48.4 Å². The molecule has 328 valence electrons. The summed E-state index contributed by atoms with van der Waals surface area (Å²) in [5.74, 6) is -0.785. The molecule has 0 radical (unpaired) electrons. The van der Waals surface area contributed by atoms with Crippen LogP contribution in [0.4, 0.5) is 0 Å². The van der Waals surface area contributed by atoms with E-state index in [1.165, 1.54) is 16.3 Å². The van der Waals surface area contributed by atoms with Gasteiger partial charge in [0.1, 0.15) is 23.2 Å². The molecular formula is C46H61N7O7S. The van der Waals surface area contributed by atoms with Crippen LogP contribution in [0.2, 0.25) is 0 Å². The van der Waals surface area contributed by atoms with Gasteiger partial charge in [0.2, 0.25) is 5.91 Å². The Labute approximate surface area is 362 Å². The molecule has 14 nitrogen and oxygen atoms in total. The number of thiazole rings is 1. The van der Waals surface area contributed by atoms with Crippen molar-refractivity contribution >= 4 is 40.0 Å². The lowest BCUT2D eigenvalue weighted by atomic mass is 9.84. The van der Waals surface area contributed by atoms with Crippen LogP contribution in [-0.2, 0) is 46.3 Å². The van der Waals surface area contributed by atoms with Gasteiger partial charge >= 0.3 is 5.97 Å². The summed E-state index contributed by atoms with van der Waals surface area (Å²) < 4.78 is 26.5. The molecule has 6 heterocycles. The number of carbonyl (C=O) groups is 3. The van der Waals surface area contributed by atoms with Gasteiger partial charge in [0, 0.05) is 91.9 Å². The number of hydrogen-bond donors (Lipinski definition) is 2. The van der Waals surface area contributed by atoms with E-state index in [1.807, 2.05) is 18.4 Å². The van der Waals surface area contributed by atoms with Crippen molar-refractivity contribution < 1.29 is 33.3 Å². The number of esters is 1. The largest absolute Gasteiger partial charge is 0.464 e. The first-order valence-corrected chi connectivity index (χ1v) is 22.7. The zero-order valence-electron chi connectivity index (χ0n) is 36.7. The molecular weight excluding hydrogens is 795 g/mol. The van der Waals surface area contributed by atoms with Gasteiger partial charge in [-0.2, -0.15) is 0 Å². The highest BCUT2D eigenvalue weighted by molar-refractivity contribution is 7.10. The van der Waals surface area contributed by atoms with Crippen LogP contribution in [0.25, 0.3) is 33.4 Å². The van der Waals surface area contributed by atoms with Gasteiger partial charge in [-0.05, 0) is 74.8 Å². The fourth-order valence-electron chi connectivity index (χ4n) is 9.31. The molecule has 2 N–H and O–H groups in total. The standard InChI is InChI=1S/C46H61N7O7S/c1-9-52-36-15-14-29-20-32(36)33(40(52)31-12-10-16-47-38(31)28(4)57-7)21-46(5,6)25-60-45(56)34-13-11-17-53(50-34)44(55)39(49-42(54)37-26(2)27(37)3)41(43-48-35(29)24-61-43)59-19-18-51-22-30(23-51)58-8/h10,12,14-16,20,24,26-28,30,34,37,39,41,50H,9,11,13,17-19,21-23,25H2,1-8H3,(H,49,54)/t26-,27+,28-,34-,37?,39-,41-/m0/s1. The van der Waals surface area contributed by atoms with Crippen molar-refractivity contribution in [2.45, 2.75) is 97.7 Å². The Kier molecular flexibility index (Phi) is 12.7. The summed E-state index contributed by atoms with van der Waals surface area (Å²) in [5, 5.41) is 8.28. The summed E-state index contributed by atoms with van der Waals surface area (Å²) >= 11 is 1.42. The molecule has 2 amide bonds. The SMILES string of the molecule is CCn1c(-c2cccnc2[C@H](C)OC)c2c3cc(ccc31)-c1csc(n1)[C@@H](OCCN1CC(OC)C1)[C@H](NC(=O)C1[C@@H](C)[C@H]1C)C(=O)N1CCC[C@H](N1)C(=O)OCC(C)(C)C2. The van der Waals surface area contributed by atoms with Crippen LogP contribution in [-0.4, -0.2) is 114 Å². The molecule has 8 rings (SSSR count). The smallest absolute Gasteiger partial charge is 0.324 e. The summed E-state index contributed by atoms with van der Waals surface area (Å²) in [6.07, 6.45) is 2.53.